The van der Waals surface area contributed by atoms with Crippen LogP contribution in [-0.4, -0.2) is 40.6 Å². The number of nitrogens with two attached hydrogens (primary N) is 1. The number of amides is 1. The van der Waals surface area contributed by atoms with Gasteiger partial charge in [0.2, 0.25) is 5.91 Å². The summed E-state index contributed by atoms with van der Waals surface area (Å²) in [6.45, 7) is 1.70. The quantitative estimate of drug-likeness (QED) is 0.361. The van der Waals surface area contributed by atoms with E-state index in [0.29, 0.717) is 25.7 Å². The van der Waals surface area contributed by atoms with Crippen molar-refractivity contribution in [1.29, 1.82) is 0 Å². The number of carbonyl (C=O) groups excluding carboxylic acids is 1. The van der Waals surface area contributed by atoms with Crippen LogP contribution in [0.3, 0.4) is 0 Å². The highest BCUT2D eigenvalue weighted by atomic mass is 19.4. The number of rotatable bonds is 4. The fraction of sp³-hybridized carbons (Fsp3) is 0.833. The van der Waals surface area contributed by atoms with Crippen molar-refractivity contribution in [2.24, 2.45) is 16.3 Å². The fourth-order valence-electron chi connectivity index (χ4n) is 2.61. The van der Waals surface area contributed by atoms with Gasteiger partial charge in [0.25, 0.3) is 0 Å². The van der Waals surface area contributed by atoms with Crippen molar-refractivity contribution in [2.75, 3.05) is 6.54 Å². The minimum Gasteiger partial charge on any atom is -0.409 e. The Labute approximate surface area is 115 Å². The second-order valence-electron chi connectivity index (χ2n) is 5.42. The largest absolute Gasteiger partial charge is 0.409 e. The molecule has 0 unspecified atom stereocenters. The highest BCUT2D eigenvalue weighted by Gasteiger charge is 2.49. The Morgan fingerprint density at radius 1 is 1.40 bits per heavy atom. The normalized spacial score (nSPS) is 19.4. The van der Waals surface area contributed by atoms with Gasteiger partial charge < -0.3 is 15.8 Å². The molecule has 0 aliphatic heterocycles. The van der Waals surface area contributed by atoms with Crippen molar-refractivity contribution in [1.82, 2.24) is 4.90 Å². The van der Waals surface area contributed by atoms with Crippen LogP contribution >= 0.6 is 0 Å². The van der Waals surface area contributed by atoms with Crippen LogP contribution in [0.5, 0.6) is 0 Å². The molecule has 1 saturated carbocycles. The highest BCUT2D eigenvalue weighted by Crippen LogP contribution is 2.41. The maximum Gasteiger partial charge on any atom is 0.406 e. The molecule has 0 bridgehead atoms. The van der Waals surface area contributed by atoms with Crippen molar-refractivity contribution in [3.63, 3.8) is 0 Å². The van der Waals surface area contributed by atoms with Gasteiger partial charge in [-0.25, -0.2) is 0 Å². The number of carbonyl (C=O) groups is 1. The van der Waals surface area contributed by atoms with Crippen molar-refractivity contribution < 1.29 is 23.2 Å². The zero-order valence-electron chi connectivity index (χ0n) is 11.6. The lowest BCUT2D eigenvalue weighted by Crippen LogP contribution is -2.54. The predicted molar refractivity (Wildman–Crippen MR) is 67.2 cm³/mol. The molecule has 1 fully saturated rings. The van der Waals surface area contributed by atoms with E-state index in [9.17, 15) is 18.0 Å². The lowest BCUT2D eigenvalue weighted by molar-refractivity contribution is -0.168. The Balaban J connectivity index is 3.09. The summed E-state index contributed by atoms with van der Waals surface area (Å²) in [5.74, 6) is -1.01. The van der Waals surface area contributed by atoms with Gasteiger partial charge in [0.1, 0.15) is 12.0 Å². The van der Waals surface area contributed by atoms with Crippen LogP contribution in [0.1, 0.15) is 39.5 Å². The number of hydrogen-bond donors (Lipinski definition) is 2. The van der Waals surface area contributed by atoms with E-state index < -0.39 is 30.1 Å². The molecule has 0 atom stereocenters. The molecule has 20 heavy (non-hydrogen) atoms. The summed E-state index contributed by atoms with van der Waals surface area (Å²) >= 11 is 0. The lowest BCUT2D eigenvalue weighted by atomic mass is 9.82. The fourth-order valence-corrected chi connectivity index (χ4v) is 2.61. The zero-order valence-corrected chi connectivity index (χ0v) is 11.6. The molecule has 0 radical (unpaired) electrons. The highest BCUT2D eigenvalue weighted by molar-refractivity contribution is 6.07. The van der Waals surface area contributed by atoms with Crippen LogP contribution in [0.4, 0.5) is 13.2 Å². The van der Waals surface area contributed by atoms with Crippen molar-refractivity contribution in [3.8, 4) is 0 Å². The summed E-state index contributed by atoms with van der Waals surface area (Å²) in [6.07, 6.45) is -2.53. The third kappa shape index (κ3) is 3.34. The summed E-state index contributed by atoms with van der Waals surface area (Å²) in [5, 5.41) is 11.7. The third-order valence-corrected chi connectivity index (χ3v) is 3.70. The second kappa shape index (κ2) is 5.88. The molecule has 0 aromatic rings. The van der Waals surface area contributed by atoms with Gasteiger partial charge in [-0.15, -0.1) is 0 Å². The van der Waals surface area contributed by atoms with E-state index in [1.807, 2.05) is 0 Å². The molecule has 1 amide bonds. The molecule has 8 heteroatoms. The van der Waals surface area contributed by atoms with Crippen LogP contribution in [0.2, 0.25) is 0 Å². The molecule has 0 aromatic carbocycles. The van der Waals surface area contributed by atoms with E-state index >= 15 is 0 Å². The Kier molecular flexibility index (Phi) is 4.88. The molecule has 0 aromatic heterocycles. The van der Waals surface area contributed by atoms with Crippen LogP contribution < -0.4 is 5.73 Å². The number of alkyl halides is 3. The standard InChI is InChI=1S/C12H20F3N3O2/c1-8(2)18(7-12(13,14)15)10(19)11(9(16)17-20)5-3-4-6-11/h8,20H,3-7H2,1-2H3,(H2,16,17). The Hall–Kier alpha value is -1.47. The second-order valence-corrected chi connectivity index (χ2v) is 5.42. The number of hydrogen-bond acceptors (Lipinski definition) is 3. The van der Waals surface area contributed by atoms with Gasteiger partial charge in [0.15, 0.2) is 5.84 Å². The number of nitrogens with zero attached hydrogens (tertiary/aromatic N) is 2. The number of oxime groups is 1. The van der Waals surface area contributed by atoms with Gasteiger partial charge >= 0.3 is 6.18 Å². The Bertz CT molecular complexity index is 388. The molecule has 3 N–H and O–H groups in total. The first-order valence-electron chi connectivity index (χ1n) is 6.50. The minimum atomic E-state index is -4.48. The summed E-state index contributed by atoms with van der Waals surface area (Å²) in [7, 11) is 0. The van der Waals surface area contributed by atoms with Gasteiger partial charge in [0.05, 0.1) is 0 Å². The van der Waals surface area contributed by atoms with E-state index in [1.165, 1.54) is 13.8 Å². The predicted octanol–water partition coefficient (Wildman–Crippen LogP) is 2.09. The van der Waals surface area contributed by atoms with E-state index in [0.717, 1.165) is 4.90 Å². The van der Waals surface area contributed by atoms with Crippen molar-refractivity contribution in [2.45, 2.75) is 51.7 Å². The Morgan fingerprint density at radius 3 is 2.25 bits per heavy atom. The maximum absolute atomic E-state index is 12.6. The van der Waals surface area contributed by atoms with Crippen LogP contribution in [0.15, 0.2) is 5.16 Å². The molecule has 1 aliphatic carbocycles. The SMILES string of the molecule is CC(C)N(CC(F)(F)F)C(=O)C1(C(N)=NO)CCCC1. The first-order chi connectivity index (χ1) is 9.14. The van der Waals surface area contributed by atoms with E-state index in [1.54, 1.807) is 0 Å². The van der Waals surface area contributed by atoms with E-state index in [4.69, 9.17) is 10.9 Å². The molecular formula is C12H20F3N3O2. The third-order valence-electron chi connectivity index (χ3n) is 3.70. The summed E-state index contributed by atoms with van der Waals surface area (Å²) in [5.41, 5.74) is 4.29. The maximum atomic E-state index is 12.6. The number of amidine groups is 1. The van der Waals surface area contributed by atoms with Gasteiger partial charge in [-0.1, -0.05) is 18.0 Å². The smallest absolute Gasteiger partial charge is 0.406 e. The minimum absolute atomic E-state index is 0.298. The summed E-state index contributed by atoms with van der Waals surface area (Å²) in [4.78, 5) is 13.3. The summed E-state index contributed by atoms with van der Waals surface area (Å²) in [6, 6.07) is -0.618. The van der Waals surface area contributed by atoms with Crippen LogP contribution in [0, 0.1) is 5.41 Å². The van der Waals surface area contributed by atoms with Crippen molar-refractivity contribution in [3.05, 3.63) is 0 Å². The monoisotopic (exact) mass is 295 g/mol. The molecule has 1 aliphatic rings. The Morgan fingerprint density at radius 2 is 1.90 bits per heavy atom. The first kappa shape index (κ1) is 16.6. The van der Waals surface area contributed by atoms with E-state index in [-0.39, 0.29) is 5.84 Å². The van der Waals surface area contributed by atoms with Gasteiger partial charge in [0, 0.05) is 6.04 Å². The molecular weight excluding hydrogens is 275 g/mol. The average Bonchev–Trinajstić information content (AvgIpc) is 2.83. The van der Waals surface area contributed by atoms with Gasteiger partial charge in [-0.2, -0.15) is 13.2 Å². The first-order valence-corrected chi connectivity index (χ1v) is 6.50. The zero-order chi connectivity index (χ0) is 15.6. The van der Waals surface area contributed by atoms with Crippen molar-refractivity contribution >= 4 is 11.7 Å². The average molecular weight is 295 g/mol. The van der Waals surface area contributed by atoms with Crippen LogP contribution in [0.25, 0.3) is 0 Å². The van der Waals surface area contributed by atoms with E-state index in [2.05, 4.69) is 5.16 Å². The lowest BCUT2D eigenvalue weighted by Gasteiger charge is -2.36. The summed E-state index contributed by atoms with van der Waals surface area (Å²) < 4.78 is 37.8. The molecule has 0 saturated heterocycles. The molecule has 0 spiro atoms. The van der Waals surface area contributed by atoms with Gasteiger partial charge in [-0.3, -0.25) is 4.79 Å². The molecule has 116 valence electrons. The number of halogens is 3. The topological polar surface area (TPSA) is 78.9 Å². The molecule has 5 nitrogen and oxygen atoms in total. The molecule has 1 rings (SSSR count). The van der Waals surface area contributed by atoms with Gasteiger partial charge in [-0.05, 0) is 26.7 Å². The van der Waals surface area contributed by atoms with Crippen LogP contribution in [-0.2, 0) is 4.79 Å². The molecule has 0 heterocycles.